The number of nitrogens with one attached hydrogen (secondary N) is 2. The first-order valence-corrected chi connectivity index (χ1v) is 10.2. The zero-order valence-corrected chi connectivity index (χ0v) is 16.6. The van der Waals surface area contributed by atoms with Crippen molar-refractivity contribution in [3.8, 4) is 0 Å². The number of benzene rings is 2. The van der Waals surface area contributed by atoms with E-state index in [0.29, 0.717) is 18.2 Å². The summed E-state index contributed by atoms with van der Waals surface area (Å²) in [5, 5.41) is 2.85. The van der Waals surface area contributed by atoms with Gasteiger partial charge in [-0.2, -0.15) is 0 Å². The van der Waals surface area contributed by atoms with Crippen LogP contribution in [0.3, 0.4) is 0 Å². The lowest BCUT2D eigenvalue weighted by Crippen LogP contribution is -2.25. The highest BCUT2D eigenvalue weighted by Crippen LogP contribution is 2.26. The lowest BCUT2D eigenvalue weighted by molar-refractivity contribution is 0.0952. The van der Waals surface area contributed by atoms with E-state index in [9.17, 15) is 13.2 Å². The van der Waals surface area contributed by atoms with Gasteiger partial charge < -0.3 is 5.32 Å². The highest BCUT2D eigenvalue weighted by molar-refractivity contribution is 7.92. The molecule has 5 nitrogen and oxygen atoms in total. The van der Waals surface area contributed by atoms with E-state index >= 15 is 0 Å². The van der Waals surface area contributed by atoms with Gasteiger partial charge in [0.2, 0.25) is 0 Å². The van der Waals surface area contributed by atoms with Gasteiger partial charge in [-0.15, -0.1) is 0 Å². The van der Waals surface area contributed by atoms with Crippen LogP contribution >= 0.6 is 11.6 Å². The Bertz CT molecular complexity index is 895. The van der Waals surface area contributed by atoms with Crippen molar-refractivity contribution in [1.29, 1.82) is 0 Å². The minimum atomic E-state index is -3.92. The first-order chi connectivity index (χ1) is 12.2. The number of halogens is 1. The quantitative estimate of drug-likeness (QED) is 0.738. The molecule has 26 heavy (non-hydrogen) atoms. The molecule has 0 bridgehead atoms. The third kappa shape index (κ3) is 5.22. The molecule has 0 spiro atoms. The number of anilines is 1. The first kappa shape index (κ1) is 20.3. The number of sulfonamides is 1. The van der Waals surface area contributed by atoms with Crippen molar-refractivity contribution in [3.63, 3.8) is 0 Å². The van der Waals surface area contributed by atoms with Gasteiger partial charge in [-0.25, -0.2) is 8.42 Å². The highest BCUT2D eigenvalue weighted by Gasteiger charge is 2.21. The number of rotatable bonds is 7. The maximum atomic E-state index is 12.7. The summed E-state index contributed by atoms with van der Waals surface area (Å²) >= 11 is 6.09. The van der Waals surface area contributed by atoms with Crippen LogP contribution in [0.2, 0.25) is 5.02 Å². The number of amides is 1. The minimum absolute atomic E-state index is 0.0600. The molecular formula is C19H23ClN2O3S. The molecule has 0 atom stereocenters. The molecule has 140 valence electrons. The summed E-state index contributed by atoms with van der Waals surface area (Å²) in [5.41, 5.74) is 1.51. The van der Waals surface area contributed by atoms with E-state index in [1.807, 2.05) is 6.07 Å². The van der Waals surface area contributed by atoms with Crippen LogP contribution in [0.15, 0.2) is 47.4 Å². The summed E-state index contributed by atoms with van der Waals surface area (Å²) < 4.78 is 28.0. The van der Waals surface area contributed by atoms with Crippen LogP contribution in [0.5, 0.6) is 0 Å². The van der Waals surface area contributed by atoms with Gasteiger partial charge in [-0.05, 0) is 49.1 Å². The molecule has 0 aliphatic rings. The van der Waals surface area contributed by atoms with Crippen molar-refractivity contribution >= 4 is 33.2 Å². The van der Waals surface area contributed by atoms with Crippen LogP contribution in [-0.2, 0) is 10.0 Å². The Hall–Kier alpha value is -2.05. The largest absolute Gasteiger partial charge is 0.352 e. The third-order valence-electron chi connectivity index (χ3n) is 3.88. The van der Waals surface area contributed by atoms with Gasteiger partial charge >= 0.3 is 0 Å². The van der Waals surface area contributed by atoms with Crippen LogP contribution in [0.1, 0.15) is 36.2 Å². The zero-order valence-electron chi connectivity index (χ0n) is 15.0. The van der Waals surface area contributed by atoms with E-state index in [2.05, 4.69) is 23.9 Å². The summed E-state index contributed by atoms with van der Waals surface area (Å²) in [6, 6.07) is 11.3. The molecule has 0 fully saturated rings. The highest BCUT2D eigenvalue weighted by atomic mass is 35.5. The third-order valence-corrected chi connectivity index (χ3v) is 5.73. The molecule has 0 aliphatic heterocycles. The molecule has 2 rings (SSSR count). The van der Waals surface area contributed by atoms with Crippen molar-refractivity contribution < 1.29 is 13.2 Å². The zero-order chi connectivity index (χ0) is 19.3. The maximum Gasteiger partial charge on any atom is 0.263 e. The summed E-state index contributed by atoms with van der Waals surface area (Å²) in [5.74, 6) is 0.143. The van der Waals surface area contributed by atoms with Crippen LogP contribution in [0, 0.1) is 12.8 Å². The van der Waals surface area contributed by atoms with E-state index in [1.54, 1.807) is 25.1 Å². The molecule has 2 N–H and O–H groups in total. The van der Waals surface area contributed by atoms with E-state index in [0.717, 1.165) is 12.0 Å². The fourth-order valence-electron chi connectivity index (χ4n) is 2.31. The van der Waals surface area contributed by atoms with Crippen molar-refractivity contribution in [2.24, 2.45) is 5.92 Å². The molecule has 0 saturated heterocycles. The average Bonchev–Trinajstić information content (AvgIpc) is 2.56. The van der Waals surface area contributed by atoms with Crippen molar-refractivity contribution in [1.82, 2.24) is 5.32 Å². The Morgan fingerprint density at radius 1 is 1.15 bits per heavy atom. The van der Waals surface area contributed by atoms with Crippen molar-refractivity contribution in [2.45, 2.75) is 32.1 Å². The summed E-state index contributed by atoms with van der Waals surface area (Å²) in [6.45, 7) is 6.47. The monoisotopic (exact) mass is 394 g/mol. The molecular weight excluding hydrogens is 372 g/mol. The van der Waals surface area contributed by atoms with E-state index < -0.39 is 10.0 Å². The molecule has 2 aromatic carbocycles. The van der Waals surface area contributed by atoms with Gasteiger partial charge in [0.25, 0.3) is 15.9 Å². The van der Waals surface area contributed by atoms with Crippen LogP contribution < -0.4 is 10.0 Å². The lowest BCUT2D eigenvalue weighted by Gasteiger charge is -2.13. The molecule has 2 aromatic rings. The second kappa shape index (κ2) is 8.56. The van der Waals surface area contributed by atoms with Crippen molar-refractivity contribution in [2.75, 3.05) is 11.3 Å². The van der Waals surface area contributed by atoms with Gasteiger partial charge in [-0.1, -0.05) is 43.6 Å². The average molecular weight is 395 g/mol. The molecule has 0 heterocycles. The maximum absolute atomic E-state index is 12.7. The standard InChI is InChI=1S/C19H23ClN2O3S/c1-13(2)10-11-21-19(23)15-8-9-16(20)18(12-15)26(24,25)22-17-7-5-4-6-14(17)3/h4-9,12-13,22H,10-11H2,1-3H3,(H,21,23). The predicted octanol–water partition coefficient (Wildman–Crippen LogP) is 4.23. The van der Waals surface area contributed by atoms with E-state index in [-0.39, 0.29) is 21.4 Å². The van der Waals surface area contributed by atoms with Gasteiger partial charge in [-0.3, -0.25) is 9.52 Å². The smallest absolute Gasteiger partial charge is 0.263 e. The van der Waals surface area contributed by atoms with Crippen LogP contribution in [-0.4, -0.2) is 20.9 Å². The Kier molecular flexibility index (Phi) is 6.67. The number of carbonyl (C=O) groups is 1. The number of aryl methyl sites for hydroxylation is 1. The molecule has 0 radical (unpaired) electrons. The number of para-hydroxylation sites is 1. The van der Waals surface area contributed by atoms with E-state index in [1.165, 1.54) is 18.2 Å². The van der Waals surface area contributed by atoms with Gasteiger partial charge in [0.15, 0.2) is 0 Å². The Labute approximate surface area is 159 Å². The second-order valence-corrected chi connectivity index (χ2v) is 8.56. The molecule has 0 saturated carbocycles. The SMILES string of the molecule is Cc1ccccc1NS(=O)(=O)c1cc(C(=O)NCCC(C)C)ccc1Cl. The van der Waals surface area contributed by atoms with Crippen LogP contribution in [0.4, 0.5) is 5.69 Å². The number of carbonyl (C=O) groups excluding carboxylic acids is 1. The second-order valence-electron chi connectivity index (χ2n) is 6.50. The first-order valence-electron chi connectivity index (χ1n) is 8.37. The molecule has 7 heteroatoms. The molecule has 0 aliphatic carbocycles. The van der Waals surface area contributed by atoms with Crippen LogP contribution in [0.25, 0.3) is 0 Å². The molecule has 0 unspecified atom stereocenters. The summed E-state index contributed by atoms with van der Waals surface area (Å²) in [7, 11) is -3.92. The molecule has 0 aromatic heterocycles. The Balaban J connectivity index is 2.25. The van der Waals surface area contributed by atoms with Crippen molar-refractivity contribution in [3.05, 3.63) is 58.6 Å². The topological polar surface area (TPSA) is 75.3 Å². The predicted molar refractivity (Wildman–Crippen MR) is 105 cm³/mol. The Morgan fingerprint density at radius 2 is 1.85 bits per heavy atom. The summed E-state index contributed by atoms with van der Waals surface area (Å²) in [6.07, 6.45) is 0.847. The lowest BCUT2D eigenvalue weighted by atomic mass is 10.1. The number of hydrogen-bond acceptors (Lipinski definition) is 3. The summed E-state index contributed by atoms with van der Waals surface area (Å²) in [4.78, 5) is 12.1. The van der Waals surface area contributed by atoms with Gasteiger partial charge in [0.05, 0.1) is 10.7 Å². The Morgan fingerprint density at radius 3 is 2.50 bits per heavy atom. The molecule has 1 amide bonds. The van der Waals surface area contributed by atoms with E-state index in [4.69, 9.17) is 11.6 Å². The van der Waals surface area contributed by atoms with Gasteiger partial charge in [0.1, 0.15) is 4.90 Å². The normalized spacial score (nSPS) is 11.4. The van der Waals surface area contributed by atoms with Gasteiger partial charge in [0, 0.05) is 12.1 Å². The fraction of sp³-hybridized carbons (Fsp3) is 0.316. The fourth-order valence-corrected chi connectivity index (χ4v) is 3.97. The minimum Gasteiger partial charge on any atom is -0.352 e. The number of hydrogen-bond donors (Lipinski definition) is 2.